The van der Waals surface area contributed by atoms with E-state index in [1.54, 1.807) is 10.7 Å². The first-order valence-corrected chi connectivity index (χ1v) is 6.24. The Balaban J connectivity index is 1.76. The van der Waals surface area contributed by atoms with E-state index in [4.69, 9.17) is 4.74 Å². The largest absolute Gasteiger partial charge is 0.476 e. The summed E-state index contributed by atoms with van der Waals surface area (Å²) in [7, 11) is 0. The van der Waals surface area contributed by atoms with Crippen LogP contribution >= 0.6 is 0 Å². The highest BCUT2D eigenvalue weighted by Crippen LogP contribution is 2.22. The fourth-order valence-corrected chi connectivity index (χ4v) is 2.55. The van der Waals surface area contributed by atoms with Crippen molar-refractivity contribution in [2.45, 2.75) is 26.3 Å². The average molecular weight is 235 g/mol. The highest BCUT2D eigenvalue weighted by atomic mass is 16.5. The van der Waals surface area contributed by atoms with Crippen molar-refractivity contribution in [2.75, 3.05) is 19.7 Å². The first kappa shape index (κ1) is 10.6. The van der Waals surface area contributed by atoms with E-state index in [2.05, 4.69) is 12.0 Å². The summed E-state index contributed by atoms with van der Waals surface area (Å²) < 4.78 is 7.13. The topological polar surface area (TPSA) is 47.4 Å². The maximum Gasteiger partial charge on any atom is 0.274 e. The Kier molecular flexibility index (Phi) is 2.53. The molecule has 5 nitrogen and oxygen atoms in total. The molecule has 0 N–H and O–H groups in total. The van der Waals surface area contributed by atoms with E-state index in [-0.39, 0.29) is 5.91 Å². The van der Waals surface area contributed by atoms with Crippen LogP contribution in [0.15, 0.2) is 6.07 Å². The third-order valence-corrected chi connectivity index (χ3v) is 3.46. The first-order chi connectivity index (χ1) is 8.24. The number of hydrogen-bond donors (Lipinski definition) is 0. The fraction of sp³-hybridized carbons (Fsp3) is 0.667. The molecule has 1 aromatic rings. The van der Waals surface area contributed by atoms with Gasteiger partial charge in [-0.05, 0) is 18.8 Å². The van der Waals surface area contributed by atoms with Gasteiger partial charge in [0.25, 0.3) is 5.91 Å². The number of carbonyl (C=O) groups excluding carboxylic acids is 1. The van der Waals surface area contributed by atoms with E-state index in [1.807, 2.05) is 4.90 Å². The maximum absolute atomic E-state index is 12.2. The number of ether oxygens (including phenoxy) is 1. The fourth-order valence-electron chi connectivity index (χ4n) is 2.55. The maximum atomic E-state index is 12.2. The van der Waals surface area contributed by atoms with Gasteiger partial charge in [-0.2, -0.15) is 5.10 Å². The van der Waals surface area contributed by atoms with Crippen molar-refractivity contribution in [1.82, 2.24) is 14.7 Å². The van der Waals surface area contributed by atoms with Crippen LogP contribution in [0.1, 0.15) is 30.3 Å². The van der Waals surface area contributed by atoms with Crippen LogP contribution in [-0.4, -0.2) is 40.3 Å². The molecular formula is C12H17N3O2. The molecule has 5 heteroatoms. The lowest BCUT2D eigenvalue weighted by Crippen LogP contribution is -2.39. The third kappa shape index (κ3) is 1.90. The SMILES string of the molecule is CC1CCCN(C(=O)c2cc3n(n2)CCO3)C1. The summed E-state index contributed by atoms with van der Waals surface area (Å²) in [6.07, 6.45) is 2.31. The van der Waals surface area contributed by atoms with Crippen LogP contribution in [0.25, 0.3) is 0 Å². The predicted molar refractivity (Wildman–Crippen MR) is 62.0 cm³/mol. The van der Waals surface area contributed by atoms with Crippen LogP contribution in [0.4, 0.5) is 0 Å². The van der Waals surface area contributed by atoms with Gasteiger partial charge in [0.1, 0.15) is 6.61 Å². The monoisotopic (exact) mass is 235 g/mol. The van der Waals surface area contributed by atoms with Crippen molar-refractivity contribution in [2.24, 2.45) is 5.92 Å². The zero-order valence-corrected chi connectivity index (χ0v) is 10.1. The smallest absolute Gasteiger partial charge is 0.274 e. The molecule has 0 bridgehead atoms. The van der Waals surface area contributed by atoms with Gasteiger partial charge >= 0.3 is 0 Å². The number of likely N-dealkylation sites (tertiary alicyclic amines) is 1. The minimum atomic E-state index is 0.0436. The molecule has 2 aliphatic rings. The van der Waals surface area contributed by atoms with Gasteiger partial charge < -0.3 is 9.64 Å². The number of nitrogens with zero attached hydrogens (tertiary/aromatic N) is 3. The second-order valence-electron chi connectivity index (χ2n) is 4.94. The lowest BCUT2D eigenvalue weighted by molar-refractivity contribution is 0.0676. The number of rotatable bonds is 1. The van der Waals surface area contributed by atoms with E-state index in [9.17, 15) is 4.79 Å². The molecule has 0 aromatic carbocycles. The van der Waals surface area contributed by atoms with Crippen LogP contribution in [0.2, 0.25) is 0 Å². The Labute approximate surface area is 100 Å². The summed E-state index contributed by atoms with van der Waals surface area (Å²) in [4.78, 5) is 14.2. The molecule has 2 aliphatic heterocycles. The normalized spacial score (nSPS) is 23.4. The second kappa shape index (κ2) is 4.05. The quantitative estimate of drug-likeness (QED) is 0.733. The molecule has 1 amide bonds. The van der Waals surface area contributed by atoms with Gasteiger partial charge in [-0.1, -0.05) is 6.92 Å². The predicted octanol–water partition coefficient (Wildman–Crippen LogP) is 1.15. The summed E-state index contributed by atoms with van der Waals surface area (Å²) in [6.45, 7) is 5.31. The summed E-state index contributed by atoms with van der Waals surface area (Å²) in [5, 5.41) is 4.29. The molecule has 0 spiro atoms. The summed E-state index contributed by atoms with van der Waals surface area (Å²) >= 11 is 0. The number of amides is 1. The van der Waals surface area contributed by atoms with Crippen molar-refractivity contribution < 1.29 is 9.53 Å². The highest BCUT2D eigenvalue weighted by Gasteiger charge is 2.26. The minimum absolute atomic E-state index is 0.0436. The summed E-state index contributed by atoms with van der Waals surface area (Å²) in [6, 6.07) is 1.76. The Morgan fingerprint density at radius 1 is 1.53 bits per heavy atom. The van der Waals surface area contributed by atoms with Gasteiger partial charge in [0.05, 0.1) is 6.54 Å². The molecule has 3 rings (SSSR count). The van der Waals surface area contributed by atoms with E-state index in [1.165, 1.54) is 6.42 Å². The van der Waals surface area contributed by atoms with Gasteiger partial charge in [-0.15, -0.1) is 0 Å². The van der Waals surface area contributed by atoms with E-state index in [0.717, 1.165) is 31.9 Å². The van der Waals surface area contributed by atoms with Crippen molar-refractivity contribution in [3.63, 3.8) is 0 Å². The van der Waals surface area contributed by atoms with Crippen molar-refractivity contribution in [3.8, 4) is 5.88 Å². The average Bonchev–Trinajstić information content (AvgIpc) is 2.88. The zero-order valence-electron chi connectivity index (χ0n) is 10.1. The third-order valence-electron chi connectivity index (χ3n) is 3.46. The second-order valence-corrected chi connectivity index (χ2v) is 4.94. The molecule has 1 atom stereocenters. The van der Waals surface area contributed by atoms with Crippen LogP contribution in [0.3, 0.4) is 0 Å². The van der Waals surface area contributed by atoms with Gasteiger partial charge in [-0.25, -0.2) is 4.68 Å². The summed E-state index contributed by atoms with van der Waals surface area (Å²) in [5.41, 5.74) is 0.522. The van der Waals surface area contributed by atoms with Crippen LogP contribution in [0.5, 0.6) is 5.88 Å². The van der Waals surface area contributed by atoms with Crippen molar-refractivity contribution >= 4 is 5.91 Å². The van der Waals surface area contributed by atoms with Gasteiger partial charge in [0, 0.05) is 19.2 Å². The molecular weight excluding hydrogens is 218 g/mol. The summed E-state index contributed by atoms with van der Waals surface area (Å²) in [5.74, 6) is 1.36. The van der Waals surface area contributed by atoms with Gasteiger partial charge in [0.15, 0.2) is 5.69 Å². The van der Waals surface area contributed by atoms with Gasteiger partial charge in [-0.3, -0.25) is 4.79 Å². The molecule has 17 heavy (non-hydrogen) atoms. The standard InChI is InChI=1S/C12H17N3O2/c1-9-3-2-4-14(8-9)12(16)10-7-11-15(13-10)5-6-17-11/h7,9H,2-6,8H2,1H3. The molecule has 3 heterocycles. The van der Waals surface area contributed by atoms with E-state index in [0.29, 0.717) is 18.2 Å². The number of piperidine rings is 1. The number of aromatic nitrogens is 2. The van der Waals surface area contributed by atoms with Crippen molar-refractivity contribution in [3.05, 3.63) is 11.8 Å². The lowest BCUT2D eigenvalue weighted by atomic mass is 10.0. The minimum Gasteiger partial charge on any atom is -0.476 e. The first-order valence-electron chi connectivity index (χ1n) is 6.24. The lowest BCUT2D eigenvalue weighted by Gasteiger charge is -2.30. The van der Waals surface area contributed by atoms with Crippen molar-refractivity contribution in [1.29, 1.82) is 0 Å². The number of hydrogen-bond acceptors (Lipinski definition) is 3. The van der Waals surface area contributed by atoms with Crippen LogP contribution < -0.4 is 4.74 Å². The molecule has 1 fully saturated rings. The molecule has 0 saturated carbocycles. The van der Waals surface area contributed by atoms with Gasteiger partial charge in [0.2, 0.25) is 5.88 Å². The van der Waals surface area contributed by atoms with E-state index >= 15 is 0 Å². The Morgan fingerprint density at radius 2 is 2.41 bits per heavy atom. The Morgan fingerprint density at radius 3 is 3.18 bits per heavy atom. The van der Waals surface area contributed by atoms with Crippen LogP contribution in [0, 0.1) is 5.92 Å². The Hall–Kier alpha value is -1.52. The molecule has 92 valence electrons. The number of carbonyl (C=O) groups is 1. The number of fused-ring (bicyclic) bond motifs is 1. The van der Waals surface area contributed by atoms with Crippen LogP contribution in [-0.2, 0) is 6.54 Å². The highest BCUT2D eigenvalue weighted by molar-refractivity contribution is 5.92. The molecule has 1 aromatic heterocycles. The zero-order chi connectivity index (χ0) is 11.8. The molecule has 0 aliphatic carbocycles. The molecule has 0 radical (unpaired) electrons. The Bertz CT molecular complexity index is 419. The molecule has 1 saturated heterocycles. The van der Waals surface area contributed by atoms with E-state index < -0.39 is 0 Å². The molecule has 1 unspecified atom stereocenters.